The molecule has 2 heterocycles. The van der Waals surface area contributed by atoms with Gasteiger partial charge in [-0.2, -0.15) is 0 Å². The molecule has 0 amide bonds. The number of nitrogens with zero attached hydrogens (tertiary/aromatic N) is 2. The lowest BCUT2D eigenvalue weighted by Crippen LogP contribution is -2.50. The maximum absolute atomic E-state index is 5.12. The van der Waals surface area contributed by atoms with Gasteiger partial charge in [0.2, 0.25) is 0 Å². The Morgan fingerprint density at radius 1 is 1.24 bits per heavy atom. The molecule has 0 saturated carbocycles. The average Bonchev–Trinajstić information content (AvgIpc) is 2.77. The van der Waals surface area contributed by atoms with Crippen LogP contribution < -0.4 is 5.43 Å². The Hall–Kier alpha value is -0.460. The van der Waals surface area contributed by atoms with Crippen molar-refractivity contribution in [1.29, 1.82) is 0 Å². The summed E-state index contributed by atoms with van der Waals surface area (Å²) in [6.45, 7) is 6.15. The van der Waals surface area contributed by atoms with E-state index in [1.807, 2.05) is 11.3 Å². The van der Waals surface area contributed by atoms with E-state index >= 15 is 0 Å². The van der Waals surface area contributed by atoms with Crippen molar-refractivity contribution in [2.45, 2.75) is 13.2 Å². The van der Waals surface area contributed by atoms with E-state index in [4.69, 9.17) is 4.74 Å². The van der Waals surface area contributed by atoms with E-state index in [0.29, 0.717) is 0 Å². The van der Waals surface area contributed by atoms with Crippen molar-refractivity contribution in [2.75, 3.05) is 40.3 Å². The summed E-state index contributed by atoms with van der Waals surface area (Å²) in [4.78, 5) is 5.03. The summed E-state index contributed by atoms with van der Waals surface area (Å²) in [7, 11) is 3.91. The van der Waals surface area contributed by atoms with E-state index < -0.39 is 0 Å². The third kappa shape index (κ3) is 4.04. The van der Waals surface area contributed by atoms with Crippen molar-refractivity contribution in [2.24, 2.45) is 0 Å². The van der Waals surface area contributed by atoms with Crippen LogP contribution in [-0.4, -0.2) is 50.2 Å². The number of hydrogen-bond donors (Lipinski definition) is 1. The fourth-order valence-electron chi connectivity index (χ4n) is 1.89. The van der Waals surface area contributed by atoms with Crippen LogP contribution >= 0.6 is 11.3 Å². The van der Waals surface area contributed by atoms with Crippen LogP contribution in [0.15, 0.2) is 12.1 Å². The van der Waals surface area contributed by atoms with Crippen LogP contribution in [0.3, 0.4) is 0 Å². The molecule has 1 aromatic heterocycles. The van der Waals surface area contributed by atoms with E-state index in [0.717, 1.165) is 39.3 Å². The number of hydrogen-bond acceptors (Lipinski definition) is 5. The first-order valence-corrected chi connectivity index (χ1v) is 6.83. The maximum atomic E-state index is 5.12. The van der Waals surface area contributed by atoms with Gasteiger partial charge in [0, 0.05) is 49.6 Å². The summed E-state index contributed by atoms with van der Waals surface area (Å²) in [5.74, 6) is 0. The second-order valence-corrected chi connectivity index (χ2v) is 5.68. The van der Waals surface area contributed by atoms with Gasteiger partial charge in [0.05, 0.1) is 6.61 Å². The molecule has 1 fully saturated rings. The molecule has 0 atom stereocenters. The predicted molar refractivity (Wildman–Crippen MR) is 70.9 cm³/mol. The standard InChI is InChI=1S/C12H21N3OS/c1-14-5-7-15(8-6-14)13-9-11-3-4-12(17-11)10-16-2/h3-4,13H,5-10H2,1-2H3. The molecule has 0 bridgehead atoms. The van der Waals surface area contributed by atoms with Crippen molar-refractivity contribution < 1.29 is 4.74 Å². The van der Waals surface area contributed by atoms with E-state index in [9.17, 15) is 0 Å². The third-order valence-electron chi connectivity index (χ3n) is 2.98. The van der Waals surface area contributed by atoms with E-state index in [2.05, 4.69) is 34.5 Å². The van der Waals surface area contributed by atoms with Crippen molar-refractivity contribution in [3.63, 3.8) is 0 Å². The molecule has 1 aliphatic rings. The second-order valence-electron chi connectivity index (χ2n) is 4.43. The Morgan fingerprint density at radius 3 is 2.65 bits per heavy atom. The molecule has 1 aliphatic heterocycles. The highest BCUT2D eigenvalue weighted by molar-refractivity contribution is 7.11. The summed E-state index contributed by atoms with van der Waals surface area (Å²) >= 11 is 1.82. The minimum atomic E-state index is 0.721. The van der Waals surface area contributed by atoms with Gasteiger partial charge in [-0.05, 0) is 19.2 Å². The Kier molecular flexibility index (Phi) is 4.94. The van der Waals surface area contributed by atoms with E-state index in [1.54, 1.807) is 7.11 Å². The summed E-state index contributed by atoms with van der Waals surface area (Å²) < 4.78 is 5.12. The highest BCUT2D eigenvalue weighted by Crippen LogP contribution is 2.17. The van der Waals surface area contributed by atoms with Gasteiger partial charge in [-0.1, -0.05) is 0 Å². The van der Waals surface area contributed by atoms with Crippen molar-refractivity contribution in [1.82, 2.24) is 15.3 Å². The molecule has 0 aromatic carbocycles. The Morgan fingerprint density at radius 2 is 1.94 bits per heavy atom. The van der Waals surface area contributed by atoms with Gasteiger partial charge >= 0.3 is 0 Å². The SMILES string of the molecule is COCc1ccc(CNN2CCN(C)CC2)s1. The van der Waals surface area contributed by atoms with E-state index in [-0.39, 0.29) is 0 Å². The fraction of sp³-hybridized carbons (Fsp3) is 0.667. The monoisotopic (exact) mass is 255 g/mol. The Labute approximate surface area is 107 Å². The van der Waals surface area contributed by atoms with Crippen LogP contribution in [0.5, 0.6) is 0 Å². The van der Waals surface area contributed by atoms with Crippen molar-refractivity contribution >= 4 is 11.3 Å². The molecule has 4 nitrogen and oxygen atoms in total. The fourth-order valence-corrected chi connectivity index (χ4v) is 2.81. The molecule has 5 heteroatoms. The quantitative estimate of drug-likeness (QED) is 0.854. The highest BCUT2D eigenvalue weighted by Gasteiger charge is 2.13. The molecule has 1 saturated heterocycles. The minimum absolute atomic E-state index is 0.721. The molecule has 0 radical (unpaired) electrons. The van der Waals surface area contributed by atoms with Gasteiger partial charge in [-0.25, -0.2) is 10.4 Å². The molecule has 17 heavy (non-hydrogen) atoms. The van der Waals surface area contributed by atoms with E-state index in [1.165, 1.54) is 9.75 Å². The van der Waals surface area contributed by atoms with Gasteiger partial charge < -0.3 is 9.64 Å². The van der Waals surface area contributed by atoms with Crippen LogP contribution in [0.2, 0.25) is 0 Å². The third-order valence-corrected chi connectivity index (χ3v) is 4.04. The number of piperazine rings is 1. The summed E-state index contributed by atoms with van der Waals surface area (Å²) in [5.41, 5.74) is 3.49. The zero-order valence-corrected chi connectivity index (χ0v) is 11.4. The Balaban J connectivity index is 1.73. The Bertz CT molecular complexity index is 334. The van der Waals surface area contributed by atoms with Gasteiger partial charge in [0.25, 0.3) is 0 Å². The number of ether oxygens (including phenoxy) is 1. The molecule has 2 rings (SSSR count). The second kappa shape index (κ2) is 6.47. The lowest BCUT2D eigenvalue weighted by Gasteiger charge is -2.32. The molecule has 0 aliphatic carbocycles. The molecule has 0 spiro atoms. The molecule has 1 N–H and O–H groups in total. The van der Waals surface area contributed by atoms with Crippen LogP contribution in [0.4, 0.5) is 0 Å². The topological polar surface area (TPSA) is 27.7 Å². The molecular weight excluding hydrogens is 234 g/mol. The predicted octanol–water partition coefficient (Wildman–Crippen LogP) is 1.15. The van der Waals surface area contributed by atoms with Crippen LogP contribution in [0, 0.1) is 0 Å². The number of thiophene rings is 1. The smallest absolute Gasteiger partial charge is 0.0805 e. The number of methoxy groups -OCH3 is 1. The maximum Gasteiger partial charge on any atom is 0.0805 e. The number of hydrazine groups is 1. The highest BCUT2D eigenvalue weighted by atomic mass is 32.1. The van der Waals surface area contributed by atoms with Gasteiger partial charge in [0.15, 0.2) is 0 Å². The number of rotatable bonds is 5. The first kappa shape index (κ1) is 13.0. The summed E-state index contributed by atoms with van der Waals surface area (Å²) in [5, 5.41) is 2.32. The molecule has 0 unspecified atom stereocenters. The van der Waals surface area contributed by atoms with Gasteiger partial charge in [-0.15, -0.1) is 11.3 Å². The van der Waals surface area contributed by atoms with Crippen LogP contribution in [0.1, 0.15) is 9.75 Å². The number of nitrogens with one attached hydrogen (secondary N) is 1. The largest absolute Gasteiger partial charge is 0.379 e. The van der Waals surface area contributed by atoms with Crippen LogP contribution in [0.25, 0.3) is 0 Å². The lowest BCUT2D eigenvalue weighted by molar-refractivity contribution is 0.102. The first-order valence-electron chi connectivity index (χ1n) is 6.01. The lowest BCUT2D eigenvalue weighted by atomic mass is 10.4. The van der Waals surface area contributed by atoms with Gasteiger partial charge in [0.1, 0.15) is 0 Å². The first-order chi connectivity index (χ1) is 8.28. The normalized spacial score (nSPS) is 18.7. The van der Waals surface area contributed by atoms with Crippen LogP contribution in [-0.2, 0) is 17.9 Å². The molecule has 96 valence electrons. The molecular formula is C12H21N3OS. The minimum Gasteiger partial charge on any atom is -0.379 e. The van der Waals surface area contributed by atoms with Gasteiger partial charge in [-0.3, -0.25) is 0 Å². The van der Waals surface area contributed by atoms with Crippen molar-refractivity contribution in [3.8, 4) is 0 Å². The average molecular weight is 255 g/mol. The number of likely N-dealkylation sites (N-methyl/N-ethyl adjacent to an activating group) is 1. The zero-order valence-electron chi connectivity index (χ0n) is 10.6. The summed E-state index contributed by atoms with van der Waals surface area (Å²) in [6.07, 6.45) is 0. The zero-order chi connectivity index (χ0) is 12.1. The summed E-state index contributed by atoms with van der Waals surface area (Å²) in [6, 6.07) is 4.33. The molecule has 1 aromatic rings. The van der Waals surface area contributed by atoms with Crippen molar-refractivity contribution in [3.05, 3.63) is 21.9 Å².